The lowest BCUT2D eigenvalue weighted by atomic mass is 9.92. The molecule has 6 rings (SSSR count). The molecule has 0 saturated heterocycles. The maximum Gasteiger partial charge on any atom is 0.407 e. The molecule has 1 aliphatic rings. The first-order valence-electron chi connectivity index (χ1n) is 22.0. The Bertz CT molecular complexity index is 2480. The Balaban J connectivity index is 1.27. The highest BCUT2D eigenvalue weighted by Crippen LogP contribution is 2.43. The van der Waals surface area contributed by atoms with Crippen LogP contribution in [0.1, 0.15) is 91.6 Å². The van der Waals surface area contributed by atoms with Crippen LogP contribution in [0.5, 0.6) is 5.75 Å². The number of carbonyl (C=O) groups excluding carboxylic acids is 4. The molecular formula is C48H64N8O8. The van der Waals surface area contributed by atoms with Gasteiger partial charge in [-0.2, -0.15) is 0 Å². The average molecular weight is 881 g/mol. The molecule has 3 aromatic carbocycles. The number of H-pyrrole nitrogens is 2. The molecule has 5 unspecified atom stereocenters. The molecule has 344 valence electrons. The molecule has 4 amide bonds. The summed E-state index contributed by atoms with van der Waals surface area (Å²) in [6, 6.07) is 12.1. The van der Waals surface area contributed by atoms with Gasteiger partial charge in [-0.1, -0.05) is 66.7 Å². The lowest BCUT2D eigenvalue weighted by Crippen LogP contribution is -2.53. The van der Waals surface area contributed by atoms with Gasteiger partial charge in [0, 0.05) is 31.1 Å². The van der Waals surface area contributed by atoms with E-state index in [1.165, 1.54) is 14.2 Å². The maximum atomic E-state index is 14.2. The van der Waals surface area contributed by atoms with Crippen LogP contribution in [0, 0.1) is 23.7 Å². The van der Waals surface area contributed by atoms with Gasteiger partial charge in [-0.3, -0.25) is 9.59 Å². The lowest BCUT2D eigenvalue weighted by Gasteiger charge is -2.34. The van der Waals surface area contributed by atoms with Crippen LogP contribution in [0.2, 0.25) is 0 Å². The summed E-state index contributed by atoms with van der Waals surface area (Å²) in [5.41, 5.74) is 6.35. The quantitative estimate of drug-likeness (QED) is 0.0709. The van der Waals surface area contributed by atoms with Gasteiger partial charge in [-0.15, -0.1) is 0 Å². The number of carbonyl (C=O) groups is 4. The summed E-state index contributed by atoms with van der Waals surface area (Å²) in [4.78, 5) is 72.8. The van der Waals surface area contributed by atoms with Crippen LogP contribution in [0.3, 0.4) is 0 Å². The second kappa shape index (κ2) is 20.1. The van der Waals surface area contributed by atoms with Crippen molar-refractivity contribution in [2.45, 2.75) is 93.1 Å². The predicted octanol–water partition coefficient (Wildman–Crippen LogP) is 8.14. The summed E-state index contributed by atoms with van der Waals surface area (Å²) in [5, 5.41) is 7.34. The Morgan fingerprint density at radius 3 is 1.97 bits per heavy atom. The number of amides is 4. The third-order valence-corrected chi connectivity index (χ3v) is 11.9. The van der Waals surface area contributed by atoms with Crippen molar-refractivity contribution in [3.63, 3.8) is 0 Å². The highest BCUT2D eigenvalue weighted by molar-refractivity contribution is 6.07. The monoisotopic (exact) mass is 880 g/mol. The zero-order chi connectivity index (χ0) is 46.6. The van der Waals surface area contributed by atoms with Gasteiger partial charge >= 0.3 is 12.2 Å². The van der Waals surface area contributed by atoms with Crippen LogP contribution < -0.4 is 15.4 Å². The zero-order valence-electron chi connectivity index (χ0n) is 39.1. The Hall–Kier alpha value is -6.16. The Kier molecular flexibility index (Phi) is 14.9. The van der Waals surface area contributed by atoms with Crippen LogP contribution >= 0.6 is 0 Å². The van der Waals surface area contributed by atoms with E-state index in [1.807, 2.05) is 74.4 Å². The first-order chi connectivity index (χ1) is 30.4. The summed E-state index contributed by atoms with van der Waals surface area (Å²) >= 11 is 0. The minimum atomic E-state index is -0.803. The standard InChI is InChI=1S/C48H64N8O8/c1-25(2)21-55(45(57)40(26(3)4)53-47(59)62-11)29(8)43-49-20-38(51-43)32-13-15-34-33(17-32)24-64-39-19-35-31(18-36(34)39)14-16-37-42(35)52-44(50-37)30(9)56(22-28(7)23-61-10)46(58)41(27(5)6)54-48(60)63-12/h13-20,25-30,40-41H,21-24H2,1-12H3,(H,49,51)(H,50,52)(H,53,59)(H,54,60). The summed E-state index contributed by atoms with van der Waals surface area (Å²) in [6.45, 7) is 19.2. The smallest absolute Gasteiger partial charge is 0.407 e. The summed E-state index contributed by atoms with van der Waals surface area (Å²) in [7, 11) is 4.20. The number of nitrogens with one attached hydrogen (secondary N) is 4. The van der Waals surface area contributed by atoms with Crippen molar-refractivity contribution in [1.82, 2.24) is 40.4 Å². The molecule has 5 aromatic rings. The number of fused-ring (bicyclic) bond motifs is 6. The van der Waals surface area contributed by atoms with Gasteiger partial charge in [-0.25, -0.2) is 19.6 Å². The van der Waals surface area contributed by atoms with Crippen molar-refractivity contribution in [2.75, 3.05) is 41.0 Å². The van der Waals surface area contributed by atoms with Crippen molar-refractivity contribution < 1.29 is 38.1 Å². The molecule has 3 heterocycles. The maximum absolute atomic E-state index is 14.2. The van der Waals surface area contributed by atoms with Crippen molar-refractivity contribution in [3.05, 3.63) is 65.9 Å². The van der Waals surface area contributed by atoms with Crippen molar-refractivity contribution >= 4 is 45.8 Å². The Labute approximate surface area is 375 Å². The van der Waals surface area contributed by atoms with E-state index in [0.717, 1.165) is 55.5 Å². The van der Waals surface area contributed by atoms with Crippen LogP contribution in [-0.4, -0.2) is 107 Å². The number of methoxy groups -OCH3 is 3. The van der Waals surface area contributed by atoms with E-state index < -0.39 is 36.4 Å². The molecule has 4 N–H and O–H groups in total. The fraction of sp³-hybridized carbons (Fsp3) is 0.500. The number of aromatic nitrogens is 4. The van der Waals surface area contributed by atoms with Gasteiger partial charge in [0.15, 0.2) is 0 Å². The molecule has 0 fully saturated rings. The lowest BCUT2D eigenvalue weighted by molar-refractivity contribution is -0.138. The number of benzene rings is 3. The van der Waals surface area contributed by atoms with Crippen LogP contribution in [-0.2, 0) is 30.4 Å². The third-order valence-electron chi connectivity index (χ3n) is 11.9. The molecular weight excluding hydrogens is 817 g/mol. The van der Waals surface area contributed by atoms with E-state index in [1.54, 1.807) is 23.1 Å². The number of hydrogen-bond acceptors (Lipinski definition) is 10. The Morgan fingerprint density at radius 1 is 0.750 bits per heavy atom. The molecule has 64 heavy (non-hydrogen) atoms. The van der Waals surface area contributed by atoms with Gasteiger partial charge in [0.25, 0.3) is 0 Å². The van der Waals surface area contributed by atoms with E-state index >= 15 is 0 Å². The molecule has 16 nitrogen and oxygen atoms in total. The van der Waals surface area contributed by atoms with Crippen molar-refractivity contribution in [1.29, 1.82) is 0 Å². The van der Waals surface area contributed by atoms with Crippen molar-refractivity contribution in [3.8, 4) is 28.1 Å². The van der Waals surface area contributed by atoms with Gasteiger partial charge in [0.1, 0.15) is 36.1 Å². The molecule has 0 saturated carbocycles. The molecule has 0 aliphatic carbocycles. The first kappa shape index (κ1) is 47.3. The van der Waals surface area contributed by atoms with Crippen LogP contribution in [0.4, 0.5) is 9.59 Å². The number of imidazole rings is 2. The molecule has 5 atom stereocenters. The third kappa shape index (κ3) is 10.1. The van der Waals surface area contributed by atoms with E-state index in [-0.39, 0.29) is 35.5 Å². The van der Waals surface area contributed by atoms with Gasteiger partial charge in [0.2, 0.25) is 11.8 Å². The largest absolute Gasteiger partial charge is 0.488 e. The number of nitrogens with zero attached hydrogens (tertiary/aromatic N) is 4. The van der Waals surface area contributed by atoms with Crippen LogP contribution in [0.15, 0.2) is 48.7 Å². The number of rotatable bonds is 17. The molecule has 0 radical (unpaired) electrons. The number of alkyl carbamates (subject to hydrolysis) is 2. The van der Waals surface area contributed by atoms with Gasteiger partial charge in [0.05, 0.1) is 55.8 Å². The predicted molar refractivity (Wildman–Crippen MR) is 245 cm³/mol. The Morgan fingerprint density at radius 2 is 1.38 bits per heavy atom. The van der Waals surface area contributed by atoms with E-state index in [2.05, 4.69) is 50.9 Å². The van der Waals surface area contributed by atoms with E-state index in [9.17, 15) is 19.2 Å². The van der Waals surface area contributed by atoms with Gasteiger partial charge < -0.3 is 49.3 Å². The average Bonchev–Trinajstić information content (AvgIpc) is 3.95. The minimum Gasteiger partial charge on any atom is -0.488 e. The highest BCUT2D eigenvalue weighted by Gasteiger charge is 2.35. The van der Waals surface area contributed by atoms with E-state index in [0.29, 0.717) is 38.0 Å². The summed E-state index contributed by atoms with van der Waals surface area (Å²) in [5.74, 6) is 1.39. The summed E-state index contributed by atoms with van der Waals surface area (Å²) in [6.07, 6.45) is 0.464. The number of hydrogen-bond donors (Lipinski definition) is 4. The topological polar surface area (TPSA) is 193 Å². The normalized spacial score (nSPS) is 14.6. The van der Waals surface area contributed by atoms with E-state index in [4.69, 9.17) is 28.9 Å². The number of ether oxygens (including phenoxy) is 4. The second-order valence-electron chi connectivity index (χ2n) is 18.0. The molecule has 0 bridgehead atoms. The fourth-order valence-corrected chi connectivity index (χ4v) is 8.36. The fourth-order valence-electron chi connectivity index (χ4n) is 8.36. The second-order valence-corrected chi connectivity index (χ2v) is 18.0. The summed E-state index contributed by atoms with van der Waals surface area (Å²) < 4.78 is 21.5. The number of aromatic amines is 2. The molecule has 0 spiro atoms. The molecule has 2 aromatic heterocycles. The van der Waals surface area contributed by atoms with Crippen LogP contribution in [0.25, 0.3) is 44.2 Å². The van der Waals surface area contributed by atoms with Gasteiger partial charge in [-0.05, 0) is 83.9 Å². The first-order valence-corrected chi connectivity index (χ1v) is 22.0. The molecule has 1 aliphatic heterocycles. The SMILES string of the molecule is COCC(C)CN(C(=O)C(NC(=O)OC)C(C)C)C(C)c1nc2c(ccc3cc4c(cc32)OCc2cc(-c3cnc(C(C)N(CC(C)C)C(=O)C(NC(=O)OC)C(C)C)[nH]3)ccc2-4)[nH]1. The molecule has 16 heteroatoms. The highest BCUT2D eigenvalue weighted by atomic mass is 16.5. The minimum absolute atomic E-state index is 0.0143. The zero-order valence-corrected chi connectivity index (χ0v) is 39.1. The van der Waals surface area contributed by atoms with Crippen molar-refractivity contribution in [2.24, 2.45) is 23.7 Å².